The van der Waals surface area contributed by atoms with Gasteiger partial charge < -0.3 is 37.9 Å². The Kier molecular flexibility index (Phi) is 10.9. The lowest BCUT2D eigenvalue weighted by molar-refractivity contribution is -0.368. The lowest BCUT2D eigenvalue weighted by Gasteiger charge is -2.17. The first-order chi connectivity index (χ1) is 16.8. The van der Waals surface area contributed by atoms with Crippen LogP contribution in [0.4, 0.5) is 0 Å². The van der Waals surface area contributed by atoms with E-state index < -0.39 is 17.7 Å². The number of nitrogens with zero attached hydrogens (tertiary/aromatic N) is 1. The molecule has 1 aromatic heterocycles. The second-order valence-corrected chi connectivity index (χ2v) is 8.32. The van der Waals surface area contributed by atoms with Gasteiger partial charge in [0.25, 0.3) is 0 Å². The molecule has 2 aromatic carbocycles. The van der Waals surface area contributed by atoms with Crippen LogP contribution < -0.4 is 38.6 Å². The van der Waals surface area contributed by atoms with Gasteiger partial charge in [-0.05, 0) is 61.2 Å². The summed E-state index contributed by atoms with van der Waals surface area (Å²) in [6, 6.07) is 12.9. The number of amides is 1. The van der Waals surface area contributed by atoms with Crippen LogP contribution in [0.15, 0.2) is 53.3 Å². The number of hydrogen-bond acceptors (Lipinski definition) is 6. The summed E-state index contributed by atoms with van der Waals surface area (Å²) in [5.41, 5.74) is 5.64. The average molecular weight is 535 g/mol. The van der Waals surface area contributed by atoms with Gasteiger partial charge in [-0.1, -0.05) is 23.7 Å². The number of hydrogen-bond donors (Lipinski definition) is 3. The standard InChI is InChI=1S/C25H27ClN4O5.ClH/c1-15(31)28-19(5-3-4-12-27)24(32)35-22-11-8-17(13-23(22)34-2)21-14-20(29-25(33)30-21)16-6-9-18(26)10-7-16;/h6-11,13-14,19H,3-5,12,27H2,1-2H3,(H,28,31)(H,29,30,33);1H/t19-;/m1./s1. The molecule has 0 aliphatic carbocycles. The van der Waals surface area contributed by atoms with Crippen molar-refractivity contribution in [3.05, 3.63) is 64.0 Å². The normalized spacial score (nSPS) is 11.2. The minimum atomic E-state index is -0.778. The Bertz CT molecular complexity index is 1250. The quantitative estimate of drug-likeness (QED) is 0.183. The SMILES string of the molecule is COc1cc(-c2cc(-c3ccc(Cl)cc3)[nH]c(=O)n2)ccc1OC(=O)[C@@H](CCCC[NH3+])NC(C)=O.[Cl-]. The van der Waals surface area contributed by atoms with Gasteiger partial charge in [0, 0.05) is 17.5 Å². The predicted molar refractivity (Wildman–Crippen MR) is 132 cm³/mol. The molecule has 1 heterocycles. The number of carbonyl (C=O) groups is 2. The number of rotatable bonds is 10. The van der Waals surface area contributed by atoms with Crippen molar-refractivity contribution >= 4 is 23.5 Å². The van der Waals surface area contributed by atoms with E-state index in [9.17, 15) is 14.4 Å². The highest BCUT2D eigenvalue weighted by atomic mass is 35.5. The van der Waals surface area contributed by atoms with E-state index in [0.717, 1.165) is 24.9 Å². The van der Waals surface area contributed by atoms with Gasteiger partial charge in [-0.2, -0.15) is 4.98 Å². The van der Waals surface area contributed by atoms with Gasteiger partial charge in [0.15, 0.2) is 11.5 Å². The van der Waals surface area contributed by atoms with Crippen molar-refractivity contribution in [3.63, 3.8) is 0 Å². The molecule has 0 saturated heterocycles. The van der Waals surface area contributed by atoms with Crippen LogP contribution in [0.2, 0.25) is 5.02 Å². The van der Waals surface area contributed by atoms with Crippen molar-refractivity contribution in [2.45, 2.75) is 32.2 Å². The Hall–Kier alpha value is -3.40. The third-order valence-corrected chi connectivity index (χ3v) is 5.48. The van der Waals surface area contributed by atoms with Crippen LogP contribution in [0.3, 0.4) is 0 Å². The summed E-state index contributed by atoms with van der Waals surface area (Å²) >= 11 is 5.96. The van der Waals surface area contributed by atoms with E-state index in [2.05, 4.69) is 21.0 Å². The molecule has 3 rings (SSSR count). The minimum absolute atomic E-state index is 0. The Labute approximate surface area is 219 Å². The number of carbonyl (C=O) groups excluding carboxylic acids is 2. The Morgan fingerprint density at radius 1 is 1.08 bits per heavy atom. The molecule has 0 aliphatic rings. The van der Waals surface area contributed by atoms with E-state index in [1.807, 2.05) is 0 Å². The molecule has 1 amide bonds. The number of aromatic nitrogens is 2. The maximum atomic E-state index is 12.8. The Morgan fingerprint density at radius 3 is 2.42 bits per heavy atom. The number of unbranched alkanes of at least 4 members (excludes halogenated alkanes) is 1. The highest BCUT2D eigenvalue weighted by Crippen LogP contribution is 2.33. The molecule has 0 spiro atoms. The smallest absolute Gasteiger partial charge is 0.345 e. The number of nitrogens with one attached hydrogen (secondary N) is 2. The first-order valence-corrected chi connectivity index (χ1v) is 11.5. The summed E-state index contributed by atoms with van der Waals surface area (Å²) in [6.07, 6.45) is 2.00. The van der Waals surface area contributed by atoms with Gasteiger partial charge in [0.05, 0.1) is 25.0 Å². The largest absolute Gasteiger partial charge is 1.00 e. The minimum Gasteiger partial charge on any atom is -1.00 e. The maximum absolute atomic E-state index is 12.8. The average Bonchev–Trinajstić information content (AvgIpc) is 2.83. The summed E-state index contributed by atoms with van der Waals surface area (Å²) < 4.78 is 11.0. The molecule has 0 saturated carbocycles. The highest BCUT2D eigenvalue weighted by Gasteiger charge is 2.23. The number of H-pyrrole nitrogens is 1. The van der Waals surface area contributed by atoms with E-state index in [1.165, 1.54) is 14.0 Å². The molecule has 1 atom stereocenters. The lowest BCUT2D eigenvalue weighted by atomic mass is 10.1. The van der Waals surface area contributed by atoms with Crippen LogP contribution in [0.1, 0.15) is 26.2 Å². The number of halogens is 2. The van der Waals surface area contributed by atoms with Gasteiger partial charge in [0.1, 0.15) is 6.04 Å². The lowest BCUT2D eigenvalue weighted by Crippen LogP contribution is -3.00. The number of benzene rings is 2. The summed E-state index contributed by atoms with van der Waals surface area (Å²) in [7, 11) is 1.44. The molecule has 0 fully saturated rings. The van der Waals surface area contributed by atoms with E-state index in [1.54, 1.807) is 48.5 Å². The zero-order valence-corrected chi connectivity index (χ0v) is 21.5. The van der Waals surface area contributed by atoms with Gasteiger partial charge >= 0.3 is 11.7 Å². The number of ether oxygens (including phenoxy) is 2. The number of methoxy groups -OCH3 is 1. The fourth-order valence-electron chi connectivity index (χ4n) is 3.50. The van der Waals surface area contributed by atoms with Gasteiger partial charge in [-0.15, -0.1) is 0 Å². The molecule has 5 N–H and O–H groups in total. The Morgan fingerprint density at radius 2 is 1.78 bits per heavy atom. The molecular formula is C25H28Cl2N4O5. The topological polar surface area (TPSA) is 138 Å². The molecule has 36 heavy (non-hydrogen) atoms. The van der Waals surface area contributed by atoms with Crippen molar-refractivity contribution in [1.82, 2.24) is 15.3 Å². The molecule has 0 aliphatic heterocycles. The monoisotopic (exact) mass is 534 g/mol. The zero-order chi connectivity index (χ0) is 25.4. The van der Waals surface area contributed by atoms with Crippen molar-refractivity contribution in [1.29, 1.82) is 0 Å². The first kappa shape index (κ1) is 28.8. The van der Waals surface area contributed by atoms with E-state index in [-0.39, 0.29) is 29.8 Å². The van der Waals surface area contributed by atoms with Crippen LogP contribution >= 0.6 is 11.6 Å². The second-order valence-electron chi connectivity index (χ2n) is 7.88. The molecule has 3 aromatic rings. The molecule has 0 unspecified atom stereocenters. The number of esters is 1. The van der Waals surface area contributed by atoms with Crippen LogP contribution in [-0.2, 0) is 9.59 Å². The number of quaternary nitrogens is 1. The third-order valence-electron chi connectivity index (χ3n) is 5.22. The fraction of sp³-hybridized carbons (Fsp3) is 0.280. The summed E-state index contributed by atoms with van der Waals surface area (Å²) in [5.74, 6) is -0.433. The highest BCUT2D eigenvalue weighted by molar-refractivity contribution is 6.30. The molecule has 0 bridgehead atoms. The van der Waals surface area contributed by atoms with Crippen LogP contribution in [0.25, 0.3) is 22.5 Å². The van der Waals surface area contributed by atoms with Crippen molar-refractivity contribution in [2.24, 2.45) is 0 Å². The van der Waals surface area contributed by atoms with Gasteiger partial charge in [-0.25, -0.2) is 9.59 Å². The van der Waals surface area contributed by atoms with Crippen LogP contribution in [0.5, 0.6) is 11.5 Å². The zero-order valence-electron chi connectivity index (χ0n) is 20.0. The second kappa shape index (κ2) is 13.6. The first-order valence-electron chi connectivity index (χ1n) is 11.1. The van der Waals surface area contributed by atoms with Crippen molar-refractivity contribution < 1.29 is 37.2 Å². The molecule has 11 heteroatoms. The van der Waals surface area contributed by atoms with Crippen LogP contribution in [-0.4, -0.2) is 41.5 Å². The molecule has 192 valence electrons. The summed E-state index contributed by atoms with van der Waals surface area (Å²) in [6.45, 7) is 2.09. The Balaban J connectivity index is 0.00000456. The van der Waals surface area contributed by atoms with Crippen molar-refractivity contribution in [3.8, 4) is 34.0 Å². The summed E-state index contributed by atoms with van der Waals surface area (Å²) in [5, 5.41) is 3.22. The van der Waals surface area contributed by atoms with E-state index >= 15 is 0 Å². The van der Waals surface area contributed by atoms with E-state index in [0.29, 0.717) is 28.4 Å². The van der Waals surface area contributed by atoms with E-state index in [4.69, 9.17) is 21.1 Å². The molecular weight excluding hydrogens is 507 g/mol. The van der Waals surface area contributed by atoms with Gasteiger partial charge in [0.2, 0.25) is 5.91 Å². The van der Waals surface area contributed by atoms with Crippen molar-refractivity contribution in [2.75, 3.05) is 13.7 Å². The van der Waals surface area contributed by atoms with Crippen LogP contribution in [0, 0.1) is 0 Å². The third kappa shape index (κ3) is 7.81. The summed E-state index contributed by atoms with van der Waals surface area (Å²) in [4.78, 5) is 43.3. The van der Waals surface area contributed by atoms with Gasteiger partial charge in [-0.3, -0.25) is 4.79 Å². The number of aromatic amines is 1. The maximum Gasteiger partial charge on any atom is 0.345 e. The fourth-order valence-corrected chi connectivity index (χ4v) is 3.63. The predicted octanol–water partition coefficient (Wildman–Crippen LogP) is -0.408. The molecule has 9 nitrogen and oxygen atoms in total. The molecule has 0 radical (unpaired) electrons.